The molecule has 0 spiro atoms. The van der Waals surface area contributed by atoms with Crippen LogP contribution in [0.3, 0.4) is 0 Å². The van der Waals surface area contributed by atoms with E-state index in [1.165, 1.54) is 89.5 Å². The normalized spacial score (nSPS) is 22.9. The summed E-state index contributed by atoms with van der Waals surface area (Å²) in [7, 11) is 1.88. The first-order valence-corrected chi connectivity index (χ1v) is 12.4. The van der Waals surface area contributed by atoms with Crippen molar-refractivity contribution >= 4 is 5.96 Å². The topological polar surface area (TPSA) is 70.4 Å². The molecular weight excluding hydrogens is 374 g/mol. The van der Waals surface area contributed by atoms with Crippen LogP contribution in [-0.4, -0.2) is 64.4 Å². The molecule has 2 N–H and O–H groups in total. The first-order chi connectivity index (χ1) is 14.8. The summed E-state index contributed by atoms with van der Waals surface area (Å²) in [6.45, 7) is 5.46. The molecule has 0 amide bonds. The van der Waals surface area contributed by atoms with Gasteiger partial charge in [0.15, 0.2) is 5.96 Å². The summed E-state index contributed by atoms with van der Waals surface area (Å²) in [5.41, 5.74) is 0.320. The third kappa shape index (κ3) is 5.16. The van der Waals surface area contributed by atoms with Gasteiger partial charge < -0.3 is 15.2 Å². The average molecular weight is 416 g/mol. The highest BCUT2D eigenvalue weighted by Crippen LogP contribution is 2.35. The minimum absolute atomic E-state index is 0.320. The van der Waals surface area contributed by atoms with E-state index < -0.39 is 0 Å². The largest absolute Gasteiger partial charge is 0.356 e. The number of aryl methyl sites for hydroxylation is 1. The Hall–Kier alpha value is -1.63. The second kappa shape index (κ2) is 10.6. The van der Waals surface area contributed by atoms with E-state index in [-0.39, 0.29) is 0 Å². The zero-order valence-corrected chi connectivity index (χ0v) is 19.0. The summed E-state index contributed by atoms with van der Waals surface area (Å²) in [5.74, 6) is 3.21. The van der Waals surface area contributed by atoms with Gasteiger partial charge in [-0.05, 0) is 51.6 Å². The third-order valence-electron chi connectivity index (χ3n) is 7.45. The van der Waals surface area contributed by atoms with Crippen LogP contribution in [0.15, 0.2) is 4.99 Å². The number of hydrogen-bond acceptors (Lipinski definition) is 4. The van der Waals surface area contributed by atoms with E-state index in [9.17, 15) is 0 Å². The summed E-state index contributed by atoms with van der Waals surface area (Å²) in [6.07, 6.45) is 16.6. The number of likely N-dealkylation sites (tertiary alicyclic amines) is 1. The summed E-state index contributed by atoms with van der Waals surface area (Å²) < 4.78 is 2.35. The lowest BCUT2D eigenvalue weighted by Gasteiger charge is -2.48. The van der Waals surface area contributed by atoms with Crippen molar-refractivity contribution in [3.05, 3.63) is 11.6 Å². The fourth-order valence-corrected chi connectivity index (χ4v) is 5.67. The molecule has 1 aliphatic carbocycles. The zero-order valence-electron chi connectivity index (χ0n) is 19.0. The molecule has 2 aliphatic heterocycles. The van der Waals surface area contributed by atoms with Gasteiger partial charge >= 0.3 is 0 Å². The van der Waals surface area contributed by atoms with E-state index in [4.69, 9.17) is 0 Å². The summed E-state index contributed by atoms with van der Waals surface area (Å²) >= 11 is 0. The second-order valence-corrected chi connectivity index (χ2v) is 9.43. The molecule has 0 atom stereocenters. The molecule has 168 valence electrons. The number of fused-ring (bicyclic) bond motifs is 1. The molecule has 3 aliphatic rings. The van der Waals surface area contributed by atoms with E-state index in [1.807, 2.05) is 7.05 Å². The van der Waals surface area contributed by atoms with Gasteiger partial charge in [0.05, 0.1) is 0 Å². The minimum atomic E-state index is 0.320. The Morgan fingerprint density at radius 3 is 2.43 bits per heavy atom. The van der Waals surface area contributed by atoms with Gasteiger partial charge in [-0.1, -0.05) is 32.1 Å². The number of piperidine rings is 1. The lowest BCUT2D eigenvalue weighted by Crippen LogP contribution is -2.59. The molecule has 30 heavy (non-hydrogen) atoms. The average Bonchev–Trinajstić information content (AvgIpc) is 3.03. The molecule has 0 radical (unpaired) electrons. The third-order valence-corrected chi connectivity index (χ3v) is 7.45. The Kier molecular flexibility index (Phi) is 7.63. The van der Waals surface area contributed by atoms with Gasteiger partial charge in [-0.2, -0.15) is 0 Å². The Bertz CT molecular complexity index is 684. The van der Waals surface area contributed by atoms with Gasteiger partial charge in [-0.3, -0.25) is 9.89 Å². The summed E-state index contributed by atoms with van der Waals surface area (Å²) in [6, 6.07) is 0. The highest BCUT2D eigenvalue weighted by Gasteiger charge is 2.38. The maximum absolute atomic E-state index is 4.50. The molecule has 3 heterocycles. The molecule has 7 heteroatoms. The molecule has 0 bridgehead atoms. The van der Waals surface area contributed by atoms with Crippen molar-refractivity contribution in [1.82, 2.24) is 30.3 Å². The summed E-state index contributed by atoms with van der Waals surface area (Å²) in [5, 5.41) is 16.1. The summed E-state index contributed by atoms with van der Waals surface area (Å²) in [4.78, 5) is 7.30. The molecule has 1 saturated carbocycles. The molecule has 2 fully saturated rings. The van der Waals surface area contributed by atoms with Gasteiger partial charge in [0.25, 0.3) is 0 Å². The molecule has 4 rings (SSSR count). The van der Waals surface area contributed by atoms with E-state index in [1.54, 1.807) is 0 Å². The Balaban J connectivity index is 1.29. The van der Waals surface area contributed by atoms with E-state index in [0.29, 0.717) is 5.54 Å². The zero-order chi connectivity index (χ0) is 20.7. The number of aromatic nitrogens is 3. The van der Waals surface area contributed by atoms with E-state index >= 15 is 0 Å². The molecule has 1 saturated heterocycles. The van der Waals surface area contributed by atoms with Crippen molar-refractivity contribution in [2.24, 2.45) is 4.99 Å². The predicted octanol–water partition coefficient (Wildman–Crippen LogP) is 2.90. The first kappa shape index (κ1) is 21.6. The van der Waals surface area contributed by atoms with Crippen LogP contribution >= 0.6 is 0 Å². The van der Waals surface area contributed by atoms with Crippen LogP contribution in [0, 0.1) is 0 Å². The SMILES string of the molecule is CN=C(NCCc1nnc2n1CCCCC2)NCC1(N2CCCCC2)CCCCC1. The lowest BCUT2D eigenvalue weighted by molar-refractivity contribution is 0.0368. The second-order valence-electron chi connectivity index (χ2n) is 9.43. The van der Waals surface area contributed by atoms with E-state index in [2.05, 4.69) is 35.3 Å². The highest BCUT2D eigenvalue weighted by molar-refractivity contribution is 5.79. The van der Waals surface area contributed by atoms with Crippen LogP contribution < -0.4 is 10.6 Å². The standard InChI is InChI=1S/C23H41N7/c1-24-22(25-15-12-21-28-27-20-11-5-2-10-18-30(20)21)26-19-23(13-6-3-7-14-23)29-16-8-4-9-17-29/h2-19H2,1H3,(H2,24,25,26). The van der Waals surface area contributed by atoms with Crippen molar-refractivity contribution in [3.8, 4) is 0 Å². The van der Waals surface area contributed by atoms with Crippen molar-refractivity contribution in [2.75, 3.05) is 33.2 Å². The molecular formula is C23H41N7. The maximum atomic E-state index is 4.50. The predicted molar refractivity (Wildman–Crippen MR) is 122 cm³/mol. The highest BCUT2D eigenvalue weighted by atomic mass is 15.3. The quantitative estimate of drug-likeness (QED) is 0.552. The number of hydrogen-bond donors (Lipinski definition) is 2. The maximum Gasteiger partial charge on any atom is 0.191 e. The van der Waals surface area contributed by atoms with Crippen LogP contribution in [-0.2, 0) is 19.4 Å². The number of guanidine groups is 1. The van der Waals surface area contributed by atoms with Crippen LogP contribution in [0.2, 0.25) is 0 Å². The van der Waals surface area contributed by atoms with Crippen molar-refractivity contribution in [2.45, 2.75) is 95.6 Å². The Morgan fingerprint density at radius 2 is 1.63 bits per heavy atom. The molecule has 0 unspecified atom stereocenters. The van der Waals surface area contributed by atoms with Gasteiger partial charge in [-0.15, -0.1) is 10.2 Å². The lowest BCUT2D eigenvalue weighted by atomic mass is 9.79. The first-order valence-electron chi connectivity index (χ1n) is 12.4. The van der Waals surface area contributed by atoms with Crippen molar-refractivity contribution in [3.63, 3.8) is 0 Å². The fraction of sp³-hybridized carbons (Fsp3) is 0.870. The van der Waals surface area contributed by atoms with Gasteiger partial charge in [0.1, 0.15) is 11.6 Å². The Morgan fingerprint density at radius 1 is 0.900 bits per heavy atom. The fourth-order valence-electron chi connectivity index (χ4n) is 5.67. The molecule has 1 aromatic heterocycles. The van der Waals surface area contributed by atoms with Crippen LogP contribution in [0.4, 0.5) is 0 Å². The number of nitrogens with one attached hydrogen (secondary N) is 2. The van der Waals surface area contributed by atoms with Crippen LogP contribution in [0.5, 0.6) is 0 Å². The number of nitrogens with zero attached hydrogens (tertiary/aromatic N) is 5. The molecule has 1 aromatic rings. The van der Waals surface area contributed by atoms with Gasteiger partial charge in [0.2, 0.25) is 0 Å². The van der Waals surface area contributed by atoms with Crippen molar-refractivity contribution in [1.29, 1.82) is 0 Å². The van der Waals surface area contributed by atoms with Crippen molar-refractivity contribution < 1.29 is 0 Å². The smallest absolute Gasteiger partial charge is 0.191 e. The van der Waals surface area contributed by atoms with Crippen LogP contribution in [0.25, 0.3) is 0 Å². The number of rotatable bonds is 6. The van der Waals surface area contributed by atoms with Gasteiger partial charge in [-0.25, -0.2) is 0 Å². The van der Waals surface area contributed by atoms with Gasteiger partial charge in [0, 0.05) is 45.1 Å². The molecule has 0 aromatic carbocycles. The Labute approximate surface area is 182 Å². The minimum Gasteiger partial charge on any atom is -0.356 e. The van der Waals surface area contributed by atoms with E-state index in [0.717, 1.165) is 44.3 Å². The molecule has 7 nitrogen and oxygen atoms in total. The monoisotopic (exact) mass is 415 g/mol. The number of aliphatic imine (C=N–C) groups is 1. The van der Waals surface area contributed by atoms with Crippen LogP contribution in [0.1, 0.15) is 82.3 Å².